The fourth-order valence-electron chi connectivity index (χ4n) is 3.09. The van der Waals surface area contributed by atoms with Gasteiger partial charge in [-0.05, 0) is 18.8 Å². The molecule has 2 heterocycles. The number of likely N-dealkylation sites (tertiary alicyclic amines) is 1. The molecule has 8 heteroatoms. The lowest BCUT2D eigenvalue weighted by atomic mass is 9.98. The molecule has 0 radical (unpaired) electrons. The molecular formula is C20H23N3O4S. The highest BCUT2D eigenvalue weighted by Crippen LogP contribution is 2.23. The van der Waals surface area contributed by atoms with Crippen LogP contribution in [0.5, 0.6) is 0 Å². The first kappa shape index (κ1) is 20.0. The van der Waals surface area contributed by atoms with Gasteiger partial charge in [0.1, 0.15) is 16.7 Å². The first-order valence-corrected chi connectivity index (χ1v) is 10.1. The molecule has 0 unspecified atom stereocenters. The molecule has 148 valence electrons. The maximum atomic E-state index is 12.4. The van der Waals surface area contributed by atoms with Gasteiger partial charge in [0.15, 0.2) is 0 Å². The van der Waals surface area contributed by atoms with Crippen molar-refractivity contribution in [2.75, 3.05) is 13.1 Å². The molecule has 1 fully saturated rings. The third-order valence-electron chi connectivity index (χ3n) is 4.88. The van der Waals surface area contributed by atoms with Crippen LogP contribution in [0.4, 0.5) is 0 Å². The third-order valence-corrected chi connectivity index (χ3v) is 5.77. The molecule has 3 rings (SSSR count). The summed E-state index contributed by atoms with van der Waals surface area (Å²) in [6.45, 7) is 3.40. The minimum atomic E-state index is -1.28. The fraction of sp³-hybridized carbons (Fsp3) is 0.400. The Kier molecular flexibility index (Phi) is 6.41. The summed E-state index contributed by atoms with van der Waals surface area (Å²) in [7, 11) is 0. The van der Waals surface area contributed by atoms with Crippen molar-refractivity contribution >= 4 is 29.1 Å². The first-order chi connectivity index (χ1) is 13.4. The van der Waals surface area contributed by atoms with Crippen molar-refractivity contribution in [3.05, 3.63) is 41.4 Å². The van der Waals surface area contributed by atoms with Gasteiger partial charge < -0.3 is 15.3 Å². The molecule has 1 aliphatic heterocycles. The number of hydrogen-bond donors (Lipinski definition) is 2. The molecule has 0 aliphatic carbocycles. The number of benzene rings is 1. The summed E-state index contributed by atoms with van der Waals surface area (Å²) in [6, 6.07) is 8.15. The predicted molar refractivity (Wildman–Crippen MR) is 106 cm³/mol. The maximum absolute atomic E-state index is 12.4. The molecule has 2 aromatic rings. The van der Waals surface area contributed by atoms with Gasteiger partial charge in [-0.2, -0.15) is 0 Å². The van der Waals surface area contributed by atoms with Crippen LogP contribution >= 0.6 is 11.3 Å². The largest absolute Gasteiger partial charge is 0.480 e. The minimum Gasteiger partial charge on any atom is -0.480 e. The number of carboxylic acids is 1. The van der Waals surface area contributed by atoms with Crippen LogP contribution in [0, 0.1) is 5.92 Å². The van der Waals surface area contributed by atoms with Crippen molar-refractivity contribution in [1.82, 2.24) is 15.2 Å². The Morgan fingerprint density at radius 3 is 2.57 bits per heavy atom. The zero-order chi connectivity index (χ0) is 20.1. The molecule has 0 bridgehead atoms. The Hall–Kier alpha value is -2.74. The second-order valence-corrected chi connectivity index (χ2v) is 7.89. The van der Waals surface area contributed by atoms with Crippen LogP contribution in [0.3, 0.4) is 0 Å². The van der Waals surface area contributed by atoms with Crippen molar-refractivity contribution in [1.29, 1.82) is 0 Å². The summed E-state index contributed by atoms with van der Waals surface area (Å²) in [5, 5.41) is 14.1. The average molecular weight is 401 g/mol. The van der Waals surface area contributed by atoms with E-state index in [1.807, 2.05) is 30.3 Å². The number of aliphatic carboxylic acids is 1. The van der Waals surface area contributed by atoms with Gasteiger partial charge in [0, 0.05) is 24.0 Å². The molecule has 1 aromatic carbocycles. The highest BCUT2D eigenvalue weighted by molar-refractivity contribution is 7.13. The summed E-state index contributed by atoms with van der Waals surface area (Å²) in [5.74, 6) is -1.50. The lowest BCUT2D eigenvalue weighted by Gasteiger charge is -2.31. The van der Waals surface area contributed by atoms with Crippen LogP contribution in [0.1, 0.15) is 36.7 Å². The zero-order valence-electron chi connectivity index (χ0n) is 15.6. The Labute approximate surface area is 167 Å². The molecule has 2 N–H and O–H groups in total. The topological polar surface area (TPSA) is 99.6 Å². The van der Waals surface area contributed by atoms with Crippen LogP contribution in [0.15, 0.2) is 35.7 Å². The number of aromatic nitrogens is 1. The van der Waals surface area contributed by atoms with Crippen molar-refractivity contribution in [2.45, 2.75) is 32.2 Å². The number of piperidine rings is 1. The molecule has 7 nitrogen and oxygen atoms in total. The molecule has 0 saturated carbocycles. The monoisotopic (exact) mass is 401 g/mol. The Bertz CT molecular complexity index is 844. The van der Waals surface area contributed by atoms with Gasteiger partial charge >= 0.3 is 5.97 Å². The fourth-order valence-corrected chi connectivity index (χ4v) is 3.89. The van der Waals surface area contributed by atoms with E-state index in [1.54, 1.807) is 10.3 Å². The number of rotatable bonds is 6. The molecule has 1 aromatic heterocycles. The van der Waals surface area contributed by atoms with Crippen LogP contribution in [-0.2, 0) is 9.59 Å². The lowest BCUT2D eigenvalue weighted by molar-refractivity contribution is -0.143. The van der Waals surface area contributed by atoms with E-state index in [1.165, 1.54) is 11.3 Å². The summed E-state index contributed by atoms with van der Waals surface area (Å²) in [4.78, 5) is 42.4. The molecule has 1 atom stereocenters. The third kappa shape index (κ3) is 4.95. The maximum Gasteiger partial charge on any atom is 0.326 e. The van der Waals surface area contributed by atoms with Crippen LogP contribution in [0.25, 0.3) is 10.6 Å². The van der Waals surface area contributed by atoms with Crippen LogP contribution < -0.4 is 5.32 Å². The van der Waals surface area contributed by atoms with E-state index >= 15 is 0 Å². The standard InChI is InChI=1S/C20H23N3O4S/c1-13-7-9-23(10-8-13)17(24)11-15(20(26)27)21-18(25)16-12-28-19(22-16)14-5-3-2-4-6-14/h2-6,12-13,15H,7-11H2,1H3,(H,21,25)(H,26,27)/t15-/m1/s1. The highest BCUT2D eigenvalue weighted by atomic mass is 32.1. The van der Waals surface area contributed by atoms with Crippen molar-refractivity contribution in [3.8, 4) is 10.6 Å². The Morgan fingerprint density at radius 2 is 1.93 bits per heavy atom. The number of hydrogen-bond acceptors (Lipinski definition) is 5. The van der Waals surface area contributed by atoms with E-state index in [-0.39, 0.29) is 18.0 Å². The number of nitrogens with zero attached hydrogens (tertiary/aromatic N) is 2. The number of carboxylic acid groups (broad SMARTS) is 1. The van der Waals surface area contributed by atoms with Gasteiger partial charge in [-0.25, -0.2) is 9.78 Å². The van der Waals surface area contributed by atoms with E-state index in [0.29, 0.717) is 24.0 Å². The number of carbonyl (C=O) groups excluding carboxylic acids is 2. The van der Waals surface area contributed by atoms with E-state index in [9.17, 15) is 19.5 Å². The van der Waals surface area contributed by atoms with E-state index in [0.717, 1.165) is 18.4 Å². The minimum absolute atomic E-state index is 0.148. The lowest BCUT2D eigenvalue weighted by Crippen LogP contribution is -2.46. The molecule has 1 aliphatic rings. The van der Waals surface area contributed by atoms with E-state index in [2.05, 4.69) is 17.2 Å². The summed E-state index contributed by atoms with van der Waals surface area (Å²) >= 11 is 1.31. The second kappa shape index (κ2) is 8.97. The van der Waals surface area contributed by atoms with Gasteiger partial charge in [0.25, 0.3) is 5.91 Å². The molecule has 28 heavy (non-hydrogen) atoms. The SMILES string of the molecule is CC1CCN(C(=O)C[C@@H](NC(=O)c2csc(-c3ccccc3)n2)C(=O)O)CC1. The smallest absolute Gasteiger partial charge is 0.326 e. The Balaban J connectivity index is 1.62. The number of thiazole rings is 1. The van der Waals surface area contributed by atoms with Gasteiger partial charge in [-0.1, -0.05) is 37.3 Å². The number of carbonyl (C=O) groups is 3. The molecule has 1 saturated heterocycles. The summed E-state index contributed by atoms with van der Waals surface area (Å²) in [6.07, 6.45) is 1.57. The summed E-state index contributed by atoms with van der Waals surface area (Å²) in [5.41, 5.74) is 1.03. The molecule has 2 amide bonds. The predicted octanol–water partition coefficient (Wildman–Crippen LogP) is 2.64. The van der Waals surface area contributed by atoms with Crippen molar-refractivity contribution in [3.63, 3.8) is 0 Å². The van der Waals surface area contributed by atoms with E-state index in [4.69, 9.17) is 0 Å². The van der Waals surface area contributed by atoms with Gasteiger partial charge in [-0.15, -0.1) is 11.3 Å². The Morgan fingerprint density at radius 1 is 1.25 bits per heavy atom. The van der Waals surface area contributed by atoms with Crippen LogP contribution in [-0.4, -0.2) is 51.9 Å². The van der Waals surface area contributed by atoms with Crippen molar-refractivity contribution < 1.29 is 19.5 Å². The average Bonchev–Trinajstić information content (AvgIpc) is 3.19. The van der Waals surface area contributed by atoms with E-state index < -0.39 is 17.9 Å². The normalized spacial score (nSPS) is 15.8. The quantitative estimate of drug-likeness (QED) is 0.775. The zero-order valence-corrected chi connectivity index (χ0v) is 16.4. The molecular weight excluding hydrogens is 378 g/mol. The first-order valence-electron chi connectivity index (χ1n) is 9.26. The van der Waals surface area contributed by atoms with Gasteiger partial charge in [0.05, 0.1) is 6.42 Å². The van der Waals surface area contributed by atoms with Crippen LogP contribution in [0.2, 0.25) is 0 Å². The van der Waals surface area contributed by atoms with Crippen molar-refractivity contribution in [2.24, 2.45) is 5.92 Å². The van der Waals surface area contributed by atoms with Gasteiger partial charge in [-0.3, -0.25) is 9.59 Å². The number of nitrogens with one attached hydrogen (secondary N) is 1. The van der Waals surface area contributed by atoms with Gasteiger partial charge in [0.2, 0.25) is 5.91 Å². The highest BCUT2D eigenvalue weighted by Gasteiger charge is 2.28. The summed E-state index contributed by atoms with van der Waals surface area (Å²) < 4.78 is 0. The number of amides is 2. The second-order valence-electron chi connectivity index (χ2n) is 7.04. The molecule has 0 spiro atoms.